The zero-order valence-electron chi connectivity index (χ0n) is 14.1. The number of hydrogen-bond acceptors (Lipinski definition) is 5. The molecule has 0 atom stereocenters. The van der Waals surface area contributed by atoms with Crippen LogP contribution in [0.5, 0.6) is 0 Å². The minimum atomic E-state index is -0.318. The van der Waals surface area contributed by atoms with Crippen LogP contribution in [0.15, 0.2) is 12.3 Å². The molecule has 1 fully saturated rings. The quantitative estimate of drug-likeness (QED) is 0.894. The summed E-state index contributed by atoms with van der Waals surface area (Å²) in [5.41, 5.74) is 2.13. The van der Waals surface area contributed by atoms with Crippen molar-refractivity contribution in [1.29, 1.82) is 0 Å². The van der Waals surface area contributed by atoms with Crippen LogP contribution in [0.2, 0.25) is 0 Å². The van der Waals surface area contributed by atoms with E-state index in [4.69, 9.17) is 4.74 Å². The first-order valence-corrected chi connectivity index (χ1v) is 7.92. The molecular formula is C16H21N5O3. The van der Waals surface area contributed by atoms with Crippen molar-refractivity contribution < 1.29 is 14.3 Å². The van der Waals surface area contributed by atoms with Crippen molar-refractivity contribution in [2.24, 2.45) is 7.05 Å². The van der Waals surface area contributed by atoms with Crippen LogP contribution in [-0.4, -0.2) is 57.9 Å². The van der Waals surface area contributed by atoms with Gasteiger partial charge in [-0.3, -0.25) is 9.48 Å². The molecule has 0 aliphatic carbocycles. The second-order valence-corrected chi connectivity index (χ2v) is 6.01. The first-order chi connectivity index (χ1) is 11.5. The molecule has 8 heteroatoms. The summed E-state index contributed by atoms with van der Waals surface area (Å²) < 4.78 is 6.42. The van der Waals surface area contributed by atoms with Crippen molar-refractivity contribution >= 4 is 23.0 Å². The lowest BCUT2D eigenvalue weighted by atomic mass is 10.0. The summed E-state index contributed by atoms with van der Waals surface area (Å²) in [4.78, 5) is 29.9. The molecule has 24 heavy (non-hydrogen) atoms. The fourth-order valence-electron chi connectivity index (χ4n) is 3.04. The summed E-state index contributed by atoms with van der Waals surface area (Å²) in [5, 5.41) is 8.21. The molecule has 2 amide bonds. The Bertz CT molecular complexity index is 777. The van der Waals surface area contributed by atoms with Gasteiger partial charge >= 0.3 is 6.09 Å². The summed E-state index contributed by atoms with van der Waals surface area (Å²) in [5.74, 6) is -0.149. The molecule has 2 aromatic heterocycles. The van der Waals surface area contributed by atoms with E-state index in [1.54, 1.807) is 15.8 Å². The summed E-state index contributed by atoms with van der Waals surface area (Å²) >= 11 is 0. The van der Waals surface area contributed by atoms with Gasteiger partial charge in [-0.2, -0.15) is 5.10 Å². The first kappa shape index (κ1) is 16.2. The Balaban J connectivity index is 1.65. The Morgan fingerprint density at radius 1 is 1.33 bits per heavy atom. The van der Waals surface area contributed by atoms with E-state index >= 15 is 0 Å². The minimum Gasteiger partial charge on any atom is -0.453 e. The number of aromatic nitrogens is 3. The number of carbonyl (C=O) groups excluding carboxylic acids is 2. The monoisotopic (exact) mass is 331 g/mol. The van der Waals surface area contributed by atoms with Crippen molar-refractivity contribution in [3.8, 4) is 0 Å². The van der Waals surface area contributed by atoms with Gasteiger partial charge in [0.1, 0.15) is 0 Å². The molecule has 0 aromatic carbocycles. The molecule has 0 radical (unpaired) electrons. The third-order valence-electron chi connectivity index (χ3n) is 4.39. The number of methoxy groups -OCH3 is 1. The molecule has 1 N–H and O–H groups in total. The van der Waals surface area contributed by atoms with E-state index in [2.05, 4.69) is 15.4 Å². The van der Waals surface area contributed by atoms with Crippen molar-refractivity contribution in [3.63, 3.8) is 0 Å². The molecule has 0 saturated carbocycles. The number of piperidine rings is 1. The predicted octanol–water partition coefficient (Wildman–Crippen LogP) is 1.24. The summed E-state index contributed by atoms with van der Waals surface area (Å²) in [6.07, 6.45) is 2.68. The molecular weight excluding hydrogens is 310 g/mol. The maximum Gasteiger partial charge on any atom is 0.409 e. The highest BCUT2D eigenvalue weighted by Gasteiger charge is 2.24. The first-order valence-electron chi connectivity index (χ1n) is 7.92. The molecule has 0 bridgehead atoms. The van der Waals surface area contributed by atoms with E-state index in [9.17, 15) is 9.59 Å². The number of rotatable bonds is 2. The van der Waals surface area contributed by atoms with Gasteiger partial charge in [0.15, 0.2) is 5.65 Å². The highest BCUT2D eigenvalue weighted by atomic mass is 16.5. The molecule has 0 spiro atoms. The SMILES string of the molecule is COC(=O)N1CCC(NC(=O)c2cnc3c(c2)c(C)nn3C)CC1. The largest absolute Gasteiger partial charge is 0.453 e. The van der Waals surface area contributed by atoms with Gasteiger partial charge in [0, 0.05) is 37.8 Å². The predicted molar refractivity (Wildman–Crippen MR) is 87.7 cm³/mol. The smallest absolute Gasteiger partial charge is 0.409 e. The van der Waals surface area contributed by atoms with E-state index in [0.717, 1.165) is 16.7 Å². The van der Waals surface area contributed by atoms with Gasteiger partial charge in [-0.1, -0.05) is 0 Å². The van der Waals surface area contributed by atoms with Crippen LogP contribution in [0.3, 0.4) is 0 Å². The maximum absolute atomic E-state index is 12.5. The zero-order valence-corrected chi connectivity index (χ0v) is 14.1. The maximum atomic E-state index is 12.5. The third-order valence-corrected chi connectivity index (χ3v) is 4.39. The lowest BCUT2D eigenvalue weighted by molar-refractivity contribution is 0.0892. The molecule has 0 unspecified atom stereocenters. The number of carbonyl (C=O) groups is 2. The standard InChI is InChI=1S/C16H21N5O3/c1-10-13-8-11(9-17-14(13)20(2)19-10)15(22)18-12-4-6-21(7-5-12)16(23)24-3/h8-9,12H,4-7H2,1-3H3,(H,18,22). The molecule has 8 nitrogen and oxygen atoms in total. The Labute approximate surface area is 139 Å². The van der Waals surface area contributed by atoms with Gasteiger partial charge in [-0.15, -0.1) is 0 Å². The average Bonchev–Trinajstić information content (AvgIpc) is 2.88. The number of aryl methyl sites for hydroxylation is 2. The average molecular weight is 331 g/mol. The highest BCUT2D eigenvalue weighted by molar-refractivity contribution is 5.97. The highest BCUT2D eigenvalue weighted by Crippen LogP contribution is 2.17. The molecule has 1 aliphatic heterocycles. The van der Waals surface area contributed by atoms with E-state index in [1.807, 2.05) is 20.0 Å². The number of pyridine rings is 1. The van der Waals surface area contributed by atoms with Crippen LogP contribution in [-0.2, 0) is 11.8 Å². The lowest BCUT2D eigenvalue weighted by Gasteiger charge is -2.31. The van der Waals surface area contributed by atoms with Crippen molar-refractivity contribution in [3.05, 3.63) is 23.5 Å². The van der Waals surface area contributed by atoms with Gasteiger partial charge in [-0.05, 0) is 25.8 Å². The van der Waals surface area contributed by atoms with E-state index < -0.39 is 0 Å². The molecule has 1 aliphatic rings. The van der Waals surface area contributed by atoms with Crippen molar-refractivity contribution in [1.82, 2.24) is 25.0 Å². The van der Waals surface area contributed by atoms with Crippen molar-refractivity contribution in [2.45, 2.75) is 25.8 Å². The number of ether oxygens (including phenoxy) is 1. The van der Waals surface area contributed by atoms with Gasteiger partial charge in [-0.25, -0.2) is 9.78 Å². The number of likely N-dealkylation sites (tertiary alicyclic amines) is 1. The molecule has 3 heterocycles. The summed E-state index contributed by atoms with van der Waals surface area (Å²) in [7, 11) is 3.21. The van der Waals surface area contributed by atoms with Crippen LogP contribution in [0, 0.1) is 6.92 Å². The fourth-order valence-corrected chi connectivity index (χ4v) is 3.04. The van der Waals surface area contributed by atoms with Gasteiger partial charge in [0.05, 0.1) is 18.4 Å². The third kappa shape index (κ3) is 3.04. The fraction of sp³-hybridized carbons (Fsp3) is 0.500. The van der Waals surface area contributed by atoms with Crippen LogP contribution < -0.4 is 5.32 Å². The summed E-state index contributed by atoms with van der Waals surface area (Å²) in [6, 6.07) is 1.87. The number of amides is 2. The molecule has 3 rings (SSSR count). The number of nitrogens with zero attached hydrogens (tertiary/aromatic N) is 4. The van der Waals surface area contributed by atoms with E-state index in [0.29, 0.717) is 31.5 Å². The lowest BCUT2D eigenvalue weighted by Crippen LogP contribution is -2.46. The Morgan fingerprint density at radius 2 is 2.04 bits per heavy atom. The second kappa shape index (κ2) is 6.46. The molecule has 2 aromatic rings. The van der Waals surface area contributed by atoms with Gasteiger partial charge in [0.2, 0.25) is 0 Å². The topological polar surface area (TPSA) is 89.3 Å². The van der Waals surface area contributed by atoms with Crippen LogP contribution in [0.4, 0.5) is 4.79 Å². The zero-order chi connectivity index (χ0) is 17.3. The van der Waals surface area contributed by atoms with Crippen LogP contribution in [0.1, 0.15) is 28.9 Å². The summed E-state index contributed by atoms with van der Waals surface area (Å²) in [6.45, 7) is 3.06. The number of nitrogens with one attached hydrogen (secondary N) is 1. The molecule has 128 valence electrons. The number of fused-ring (bicyclic) bond motifs is 1. The van der Waals surface area contributed by atoms with Crippen molar-refractivity contribution in [2.75, 3.05) is 20.2 Å². The Hall–Kier alpha value is -2.64. The molecule has 1 saturated heterocycles. The normalized spacial score (nSPS) is 15.5. The van der Waals surface area contributed by atoms with E-state index in [-0.39, 0.29) is 18.0 Å². The number of hydrogen-bond donors (Lipinski definition) is 1. The second-order valence-electron chi connectivity index (χ2n) is 6.01. The van der Waals surface area contributed by atoms with Crippen LogP contribution in [0.25, 0.3) is 11.0 Å². The Kier molecular flexibility index (Phi) is 4.37. The Morgan fingerprint density at radius 3 is 2.71 bits per heavy atom. The van der Waals surface area contributed by atoms with E-state index in [1.165, 1.54) is 7.11 Å². The van der Waals surface area contributed by atoms with Crippen LogP contribution >= 0.6 is 0 Å². The minimum absolute atomic E-state index is 0.0455. The van der Waals surface area contributed by atoms with Gasteiger partial charge < -0.3 is 15.0 Å². The van der Waals surface area contributed by atoms with Gasteiger partial charge in [0.25, 0.3) is 5.91 Å².